The zero-order chi connectivity index (χ0) is 7.98. The molecule has 1 heteroatoms. The monoisotopic (exact) mass is 137 g/mol. The highest BCUT2D eigenvalue weighted by Gasteiger charge is 1.87. The van der Waals surface area contributed by atoms with Crippen LogP contribution in [0.2, 0.25) is 0 Å². The van der Waals surface area contributed by atoms with Gasteiger partial charge < -0.3 is 5.73 Å². The van der Waals surface area contributed by atoms with Gasteiger partial charge in [0.25, 0.3) is 0 Å². The van der Waals surface area contributed by atoms with E-state index < -0.39 is 0 Å². The Balaban J connectivity index is 4.17. The molecule has 10 heavy (non-hydrogen) atoms. The molecule has 1 nitrogen and oxygen atoms in total. The molecule has 0 heterocycles. The fraction of sp³-hybridized carbons (Fsp3) is 0.333. The zero-order valence-corrected chi connectivity index (χ0v) is 6.72. The molecule has 0 rings (SSSR count). The third-order valence-electron chi connectivity index (χ3n) is 1.43. The van der Waals surface area contributed by atoms with E-state index in [2.05, 4.69) is 13.5 Å². The van der Waals surface area contributed by atoms with Crippen LogP contribution in [0.3, 0.4) is 0 Å². The van der Waals surface area contributed by atoms with E-state index in [9.17, 15) is 0 Å². The van der Waals surface area contributed by atoms with Gasteiger partial charge in [-0.05, 0) is 19.4 Å². The Kier molecular flexibility index (Phi) is 4.38. The highest BCUT2D eigenvalue weighted by molar-refractivity contribution is 5.23. The van der Waals surface area contributed by atoms with Gasteiger partial charge in [-0.15, -0.1) is 0 Å². The normalized spacial score (nSPS) is 13.4. The molecule has 0 unspecified atom stereocenters. The summed E-state index contributed by atoms with van der Waals surface area (Å²) in [7, 11) is 0. The fourth-order valence-electron chi connectivity index (χ4n) is 0.518. The minimum atomic E-state index is 0.849. The molecule has 0 amide bonds. The Morgan fingerprint density at radius 2 is 2.20 bits per heavy atom. The summed E-state index contributed by atoms with van der Waals surface area (Å²) in [6, 6.07) is 0. The molecule has 2 N–H and O–H groups in total. The van der Waals surface area contributed by atoms with E-state index in [0.717, 1.165) is 12.1 Å². The van der Waals surface area contributed by atoms with Gasteiger partial charge in [0.15, 0.2) is 0 Å². The van der Waals surface area contributed by atoms with Crippen LogP contribution >= 0.6 is 0 Å². The van der Waals surface area contributed by atoms with Crippen molar-refractivity contribution in [3.8, 4) is 0 Å². The molecule has 0 saturated carbocycles. The molecule has 0 saturated heterocycles. The second-order valence-corrected chi connectivity index (χ2v) is 2.18. The van der Waals surface area contributed by atoms with Crippen molar-refractivity contribution in [2.24, 2.45) is 5.73 Å². The van der Waals surface area contributed by atoms with Gasteiger partial charge in [-0.2, -0.15) is 0 Å². The summed E-state index contributed by atoms with van der Waals surface area (Å²) in [6.07, 6.45) is 6.43. The van der Waals surface area contributed by atoms with Gasteiger partial charge in [0.2, 0.25) is 0 Å². The van der Waals surface area contributed by atoms with Crippen molar-refractivity contribution >= 4 is 0 Å². The summed E-state index contributed by atoms with van der Waals surface area (Å²) in [6.45, 7) is 7.67. The SMILES string of the molecule is C=C/C=C\C(N)=C(/C)CC. The molecule has 0 fully saturated rings. The molecule has 0 bridgehead atoms. The van der Waals surface area contributed by atoms with Crippen molar-refractivity contribution in [1.82, 2.24) is 0 Å². The van der Waals surface area contributed by atoms with Crippen molar-refractivity contribution in [2.75, 3.05) is 0 Å². The number of nitrogens with two attached hydrogens (primary N) is 1. The lowest BCUT2D eigenvalue weighted by Gasteiger charge is -1.97. The summed E-state index contributed by atoms with van der Waals surface area (Å²) >= 11 is 0. The van der Waals surface area contributed by atoms with Crippen molar-refractivity contribution in [2.45, 2.75) is 20.3 Å². The molecule has 0 aliphatic heterocycles. The predicted molar refractivity (Wildman–Crippen MR) is 46.5 cm³/mol. The molecular weight excluding hydrogens is 122 g/mol. The van der Waals surface area contributed by atoms with E-state index >= 15 is 0 Å². The largest absolute Gasteiger partial charge is 0.399 e. The number of hydrogen-bond donors (Lipinski definition) is 1. The molecule has 0 aliphatic carbocycles. The van der Waals surface area contributed by atoms with Crippen LogP contribution in [-0.4, -0.2) is 0 Å². The van der Waals surface area contributed by atoms with E-state index in [-0.39, 0.29) is 0 Å². The zero-order valence-electron chi connectivity index (χ0n) is 6.72. The summed E-state index contributed by atoms with van der Waals surface area (Å²) < 4.78 is 0. The van der Waals surface area contributed by atoms with Crippen LogP contribution in [0, 0.1) is 0 Å². The molecule has 0 radical (unpaired) electrons. The molecule has 0 aromatic carbocycles. The molecule has 0 spiro atoms. The molecule has 0 aromatic heterocycles. The average Bonchev–Trinajstić information content (AvgIpc) is 1.98. The smallest absolute Gasteiger partial charge is 0.0302 e. The van der Waals surface area contributed by atoms with Crippen LogP contribution in [0.4, 0.5) is 0 Å². The van der Waals surface area contributed by atoms with Crippen LogP contribution in [0.1, 0.15) is 20.3 Å². The summed E-state index contributed by atoms with van der Waals surface area (Å²) in [4.78, 5) is 0. The second-order valence-electron chi connectivity index (χ2n) is 2.18. The summed E-state index contributed by atoms with van der Waals surface area (Å²) in [5.41, 5.74) is 7.73. The van der Waals surface area contributed by atoms with Gasteiger partial charge in [0, 0.05) is 5.70 Å². The molecule has 56 valence electrons. The van der Waals surface area contributed by atoms with Gasteiger partial charge in [0.05, 0.1) is 0 Å². The third-order valence-corrected chi connectivity index (χ3v) is 1.43. The van der Waals surface area contributed by atoms with Crippen LogP contribution in [0.15, 0.2) is 36.1 Å². The fourth-order valence-corrected chi connectivity index (χ4v) is 0.518. The highest BCUT2D eigenvalue weighted by Crippen LogP contribution is 2.02. The third kappa shape index (κ3) is 3.13. The van der Waals surface area contributed by atoms with Gasteiger partial charge in [-0.25, -0.2) is 0 Å². The Hall–Kier alpha value is -0.980. The first kappa shape index (κ1) is 9.02. The van der Waals surface area contributed by atoms with E-state index in [0.29, 0.717) is 0 Å². The first-order valence-electron chi connectivity index (χ1n) is 3.46. The van der Waals surface area contributed by atoms with Gasteiger partial charge in [-0.3, -0.25) is 0 Å². The second kappa shape index (κ2) is 4.86. The lowest BCUT2D eigenvalue weighted by molar-refractivity contribution is 1.06. The minimum Gasteiger partial charge on any atom is -0.399 e. The van der Waals surface area contributed by atoms with E-state index in [1.165, 1.54) is 5.57 Å². The average molecular weight is 137 g/mol. The van der Waals surface area contributed by atoms with E-state index in [1.54, 1.807) is 6.08 Å². The van der Waals surface area contributed by atoms with Crippen molar-refractivity contribution in [3.05, 3.63) is 36.1 Å². The van der Waals surface area contributed by atoms with Crippen molar-refractivity contribution < 1.29 is 0 Å². The quantitative estimate of drug-likeness (QED) is 0.594. The van der Waals surface area contributed by atoms with Crippen LogP contribution in [0.5, 0.6) is 0 Å². The molecule has 0 aromatic rings. The van der Waals surface area contributed by atoms with E-state index in [1.807, 2.05) is 19.1 Å². The number of rotatable bonds is 3. The summed E-state index contributed by atoms with van der Waals surface area (Å²) in [5, 5.41) is 0. The topological polar surface area (TPSA) is 26.0 Å². The standard InChI is InChI=1S/C9H15N/c1-4-6-7-9(10)8(3)5-2/h4,6-7H,1,5,10H2,2-3H3/b7-6-,9-8-. The maximum Gasteiger partial charge on any atom is 0.0302 e. The molecule has 0 atom stereocenters. The highest BCUT2D eigenvalue weighted by atomic mass is 14.6. The predicted octanol–water partition coefficient (Wildman–Crippen LogP) is 2.37. The van der Waals surface area contributed by atoms with Crippen molar-refractivity contribution in [1.29, 1.82) is 0 Å². The maximum absolute atomic E-state index is 5.66. The molecular formula is C9H15N. The van der Waals surface area contributed by atoms with Gasteiger partial charge in [-0.1, -0.05) is 31.2 Å². The van der Waals surface area contributed by atoms with Crippen LogP contribution in [0.25, 0.3) is 0 Å². The lowest BCUT2D eigenvalue weighted by Crippen LogP contribution is -1.96. The van der Waals surface area contributed by atoms with E-state index in [4.69, 9.17) is 5.73 Å². The van der Waals surface area contributed by atoms with Gasteiger partial charge >= 0.3 is 0 Å². The first-order valence-corrected chi connectivity index (χ1v) is 3.46. The van der Waals surface area contributed by atoms with Crippen molar-refractivity contribution in [3.63, 3.8) is 0 Å². The first-order chi connectivity index (χ1) is 4.72. The Bertz CT molecular complexity index is 164. The van der Waals surface area contributed by atoms with Crippen LogP contribution < -0.4 is 5.73 Å². The van der Waals surface area contributed by atoms with Crippen LogP contribution in [-0.2, 0) is 0 Å². The Morgan fingerprint density at radius 3 is 2.60 bits per heavy atom. The number of allylic oxidation sites excluding steroid dienone is 4. The summed E-state index contributed by atoms with van der Waals surface area (Å²) in [5.74, 6) is 0. The Morgan fingerprint density at radius 1 is 1.60 bits per heavy atom. The lowest BCUT2D eigenvalue weighted by atomic mass is 10.2. The maximum atomic E-state index is 5.66. The molecule has 0 aliphatic rings. The minimum absolute atomic E-state index is 0.849. The number of hydrogen-bond acceptors (Lipinski definition) is 1. The van der Waals surface area contributed by atoms with Gasteiger partial charge in [0.1, 0.15) is 0 Å². The Labute approximate surface area is 62.9 Å².